The zero-order valence-electron chi connectivity index (χ0n) is 12.8. The fraction of sp³-hybridized carbons (Fsp3) is 0.250. The Morgan fingerprint density at radius 2 is 1.77 bits per heavy atom. The Morgan fingerprint density at radius 3 is 2.36 bits per heavy atom. The van der Waals surface area contributed by atoms with Gasteiger partial charge in [-0.25, -0.2) is 0 Å². The van der Waals surface area contributed by atoms with Crippen LogP contribution in [0.15, 0.2) is 41.3 Å². The molecule has 0 atom stereocenters. The van der Waals surface area contributed by atoms with Crippen LogP contribution in [0.5, 0.6) is 11.5 Å². The van der Waals surface area contributed by atoms with Crippen molar-refractivity contribution in [3.05, 3.63) is 58.0 Å². The van der Waals surface area contributed by atoms with Gasteiger partial charge in [0.25, 0.3) is 11.5 Å². The predicted molar refractivity (Wildman–Crippen MR) is 82.4 cm³/mol. The fourth-order valence-electron chi connectivity index (χ4n) is 2.13. The van der Waals surface area contributed by atoms with Gasteiger partial charge in [-0.05, 0) is 18.2 Å². The second-order valence-electron chi connectivity index (χ2n) is 4.67. The van der Waals surface area contributed by atoms with Gasteiger partial charge in [-0.15, -0.1) is 0 Å². The summed E-state index contributed by atoms with van der Waals surface area (Å²) in [5.41, 5.74) is 0.669. The summed E-state index contributed by atoms with van der Waals surface area (Å²) < 4.78 is 11.9. The van der Waals surface area contributed by atoms with Gasteiger partial charge < -0.3 is 19.4 Å². The highest BCUT2D eigenvalue weighted by atomic mass is 16.5. The normalized spacial score (nSPS) is 10.1. The molecule has 0 aliphatic heterocycles. The molecule has 0 saturated carbocycles. The smallest absolute Gasteiger partial charge is 0.259 e. The van der Waals surface area contributed by atoms with Crippen LogP contribution in [0.2, 0.25) is 0 Å². The number of nitrogens with one attached hydrogen (secondary N) is 1. The minimum Gasteiger partial charge on any atom is -0.496 e. The number of pyridine rings is 1. The number of carbonyl (C=O) groups excluding carboxylic acids is 1. The molecular weight excluding hydrogens is 284 g/mol. The molecule has 0 bridgehead atoms. The van der Waals surface area contributed by atoms with Gasteiger partial charge in [0.15, 0.2) is 0 Å². The number of carbonyl (C=O) groups is 1. The molecule has 0 unspecified atom stereocenters. The standard InChI is InChI=1S/C16H18N2O4/c1-18-9-5-6-11(16(18)20)10-17-15(19)14-12(21-2)7-4-8-13(14)22-3/h4-9H,10H2,1-3H3,(H,17,19). The quantitative estimate of drug-likeness (QED) is 0.904. The van der Waals surface area contributed by atoms with E-state index < -0.39 is 0 Å². The number of hydrogen-bond acceptors (Lipinski definition) is 4. The fourth-order valence-corrected chi connectivity index (χ4v) is 2.13. The maximum absolute atomic E-state index is 12.4. The van der Waals surface area contributed by atoms with Gasteiger partial charge in [-0.1, -0.05) is 12.1 Å². The molecule has 0 radical (unpaired) electrons. The Labute approximate surface area is 128 Å². The molecule has 0 saturated heterocycles. The minimum atomic E-state index is -0.361. The Kier molecular flexibility index (Phi) is 4.83. The van der Waals surface area contributed by atoms with Crippen LogP contribution < -0.4 is 20.3 Å². The van der Waals surface area contributed by atoms with Gasteiger partial charge in [-0.2, -0.15) is 0 Å². The molecule has 116 valence electrons. The number of hydrogen-bond donors (Lipinski definition) is 1. The molecular formula is C16H18N2O4. The van der Waals surface area contributed by atoms with Crippen LogP contribution in [0.3, 0.4) is 0 Å². The maximum Gasteiger partial charge on any atom is 0.259 e. The molecule has 22 heavy (non-hydrogen) atoms. The molecule has 2 rings (SSSR count). The summed E-state index contributed by atoms with van der Waals surface area (Å²) in [5.74, 6) is 0.468. The van der Waals surface area contributed by atoms with Gasteiger partial charge in [-0.3, -0.25) is 9.59 Å². The molecule has 0 aliphatic rings. The number of methoxy groups -OCH3 is 2. The lowest BCUT2D eigenvalue weighted by molar-refractivity contribution is 0.0944. The van der Waals surface area contributed by atoms with Gasteiger partial charge in [0.1, 0.15) is 17.1 Å². The van der Waals surface area contributed by atoms with Gasteiger partial charge in [0.2, 0.25) is 0 Å². The van der Waals surface area contributed by atoms with Crippen molar-refractivity contribution in [1.82, 2.24) is 9.88 Å². The number of amides is 1. The number of ether oxygens (including phenoxy) is 2. The van der Waals surface area contributed by atoms with Gasteiger partial charge in [0.05, 0.1) is 14.2 Å². The molecule has 1 amide bonds. The summed E-state index contributed by atoms with van der Waals surface area (Å²) in [4.78, 5) is 24.3. The summed E-state index contributed by atoms with van der Waals surface area (Å²) in [6, 6.07) is 8.54. The SMILES string of the molecule is COc1cccc(OC)c1C(=O)NCc1cccn(C)c1=O. The van der Waals surface area contributed by atoms with E-state index in [0.29, 0.717) is 22.6 Å². The van der Waals surface area contributed by atoms with Crippen LogP contribution in [-0.4, -0.2) is 24.7 Å². The van der Waals surface area contributed by atoms with Crippen molar-refractivity contribution < 1.29 is 14.3 Å². The summed E-state index contributed by atoms with van der Waals surface area (Å²) >= 11 is 0. The summed E-state index contributed by atoms with van der Waals surface area (Å²) in [7, 11) is 4.63. The zero-order valence-corrected chi connectivity index (χ0v) is 12.8. The first kappa shape index (κ1) is 15.6. The third-order valence-electron chi connectivity index (χ3n) is 3.30. The molecule has 2 aromatic rings. The molecule has 6 heteroatoms. The van der Waals surface area contributed by atoms with E-state index in [4.69, 9.17) is 9.47 Å². The van der Waals surface area contributed by atoms with E-state index in [1.54, 1.807) is 43.6 Å². The summed E-state index contributed by atoms with van der Waals surface area (Å²) in [6.07, 6.45) is 1.66. The van der Waals surface area contributed by atoms with Crippen molar-refractivity contribution in [2.45, 2.75) is 6.54 Å². The largest absolute Gasteiger partial charge is 0.496 e. The van der Waals surface area contributed by atoms with E-state index in [0.717, 1.165) is 0 Å². The lowest BCUT2D eigenvalue weighted by atomic mass is 10.1. The van der Waals surface area contributed by atoms with Crippen LogP contribution in [0.4, 0.5) is 0 Å². The Morgan fingerprint density at radius 1 is 1.14 bits per heavy atom. The average Bonchev–Trinajstić information content (AvgIpc) is 2.55. The molecule has 0 fully saturated rings. The van der Waals surface area contributed by atoms with Crippen molar-refractivity contribution in [2.75, 3.05) is 14.2 Å². The lowest BCUT2D eigenvalue weighted by Gasteiger charge is -2.13. The highest BCUT2D eigenvalue weighted by Gasteiger charge is 2.18. The minimum absolute atomic E-state index is 0.132. The topological polar surface area (TPSA) is 69.6 Å². The molecule has 0 spiro atoms. The number of aryl methyl sites for hydroxylation is 1. The first-order valence-corrected chi connectivity index (χ1v) is 6.72. The van der Waals surface area contributed by atoms with E-state index >= 15 is 0 Å². The monoisotopic (exact) mass is 302 g/mol. The van der Waals surface area contributed by atoms with Crippen LogP contribution in [0.1, 0.15) is 15.9 Å². The van der Waals surface area contributed by atoms with Crippen molar-refractivity contribution in [3.8, 4) is 11.5 Å². The van der Waals surface area contributed by atoms with Gasteiger partial charge in [0, 0.05) is 25.4 Å². The van der Waals surface area contributed by atoms with Gasteiger partial charge >= 0.3 is 0 Å². The zero-order chi connectivity index (χ0) is 16.1. The maximum atomic E-state index is 12.4. The van der Waals surface area contributed by atoms with Crippen molar-refractivity contribution in [3.63, 3.8) is 0 Å². The third kappa shape index (κ3) is 3.11. The third-order valence-corrected chi connectivity index (χ3v) is 3.30. The molecule has 1 heterocycles. The Balaban J connectivity index is 2.23. The van der Waals surface area contributed by atoms with Crippen LogP contribution >= 0.6 is 0 Å². The average molecular weight is 302 g/mol. The van der Waals surface area contributed by atoms with E-state index in [1.807, 2.05) is 0 Å². The number of aromatic nitrogens is 1. The van der Waals surface area contributed by atoms with E-state index in [9.17, 15) is 9.59 Å². The van der Waals surface area contributed by atoms with Crippen LogP contribution in [-0.2, 0) is 13.6 Å². The highest BCUT2D eigenvalue weighted by Crippen LogP contribution is 2.27. The number of benzene rings is 1. The summed E-state index contributed by atoms with van der Waals surface area (Å²) in [6.45, 7) is 0.132. The van der Waals surface area contributed by atoms with E-state index in [-0.39, 0.29) is 18.0 Å². The van der Waals surface area contributed by atoms with Crippen LogP contribution in [0, 0.1) is 0 Å². The predicted octanol–water partition coefficient (Wildman–Crippen LogP) is 1.33. The molecule has 0 aliphatic carbocycles. The lowest BCUT2D eigenvalue weighted by Crippen LogP contribution is -2.29. The van der Waals surface area contributed by atoms with Crippen molar-refractivity contribution >= 4 is 5.91 Å². The summed E-state index contributed by atoms with van der Waals surface area (Å²) in [5, 5.41) is 2.72. The van der Waals surface area contributed by atoms with E-state index in [2.05, 4.69) is 5.32 Å². The number of nitrogens with zero attached hydrogens (tertiary/aromatic N) is 1. The Bertz CT molecular complexity index is 715. The molecule has 6 nitrogen and oxygen atoms in total. The molecule has 1 N–H and O–H groups in total. The van der Waals surface area contributed by atoms with E-state index in [1.165, 1.54) is 18.8 Å². The van der Waals surface area contributed by atoms with Crippen molar-refractivity contribution in [1.29, 1.82) is 0 Å². The molecule has 1 aromatic heterocycles. The second-order valence-corrected chi connectivity index (χ2v) is 4.67. The molecule has 1 aromatic carbocycles. The van der Waals surface area contributed by atoms with Crippen LogP contribution in [0.25, 0.3) is 0 Å². The Hall–Kier alpha value is -2.76. The first-order chi connectivity index (χ1) is 10.6. The highest BCUT2D eigenvalue weighted by molar-refractivity contribution is 5.99. The first-order valence-electron chi connectivity index (χ1n) is 6.72. The van der Waals surface area contributed by atoms with Crippen molar-refractivity contribution in [2.24, 2.45) is 7.05 Å². The second kappa shape index (κ2) is 6.80. The number of rotatable bonds is 5.